The lowest BCUT2D eigenvalue weighted by Gasteiger charge is -2.19. The van der Waals surface area contributed by atoms with Crippen LogP contribution in [0.4, 0.5) is 0 Å². The van der Waals surface area contributed by atoms with E-state index in [0.29, 0.717) is 71.4 Å². The average Bonchev–Trinajstić information content (AvgIpc) is 3.68. The molecule has 14 heteroatoms. The molecule has 3 heterocycles. The molecule has 0 saturated heterocycles. The predicted molar refractivity (Wildman–Crippen MR) is 161 cm³/mol. The Balaban J connectivity index is 1.53. The maximum atomic E-state index is 13.7. The molecule has 1 N–H and O–H groups in total. The summed E-state index contributed by atoms with van der Waals surface area (Å²) in [6.07, 6.45) is 3.30. The van der Waals surface area contributed by atoms with E-state index in [-0.39, 0.29) is 17.1 Å². The van der Waals surface area contributed by atoms with Gasteiger partial charge in [-0.05, 0) is 55.2 Å². The van der Waals surface area contributed by atoms with Gasteiger partial charge >= 0.3 is 5.69 Å². The van der Waals surface area contributed by atoms with E-state index in [9.17, 15) is 13.2 Å². The zero-order chi connectivity index (χ0) is 30.7. The first kappa shape index (κ1) is 30.0. The first-order valence-corrected chi connectivity index (χ1v) is 15.4. The minimum absolute atomic E-state index is 0.0835. The highest BCUT2D eigenvalue weighted by atomic mass is 32.2. The molecule has 0 aliphatic carbocycles. The van der Waals surface area contributed by atoms with Crippen LogP contribution < -0.4 is 19.9 Å². The van der Waals surface area contributed by atoms with Gasteiger partial charge in [0.25, 0.3) is 0 Å². The highest BCUT2D eigenvalue weighted by molar-refractivity contribution is 7.89. The van der Waals surface area contributed by atoms with E-state index in [1.807, 2.05) is 26.0 Å². The topological polar surface area (TPSA) is 146 Å². The fourth-order valence-electron chi connectivity index (χ4n) is 4.85. The number of hydrogen-bond donors (Lipinski definition) is 1. The number of fused-ring (bicyclic) bond motifs is 3. The molecule has 0 radical (unpaired) electrons. The molecule has 43 heavy (non-hydrogen) atoms. The van der Waals surface area contributed by atoms with Gasteiger partial charge in [0, 0.05) is 20.1 Å². The van der Waals surface area contributed by atoms with E-state index >= 15 is 0 Å². The fraction of sp³-hybridized carbons (Fsp3) is 0.379. The van der Waals surface area contributed by atoms with Crippen LogP contribution in [0.3, 0.4) is 0 Å². The van der Waals surface area contributed by atoms with Gasteiger partial charge in [0.2, 0.25) is 10.0 Å². The minimum Gasteiger partial charge on any atom is -0.493 e. The predicted octanol–water partition coefficient (Wildman–Crippen LogP) is 3.51. The molecule has 0 bridgehead atoms. The number of aromatic amines is 1. The van der Waals surface area contributed by atoms with Crippen LogP contribution in [0.5, 0.6) is 17.2 Å². The van der Waals surface area contributed by atoms with Crippen molar-refractivity contribution in [2.75, 3.05) is 34.4 Å². The van der Waals surface area contributed by atoms with Crippen molar-refractivity contribution >= 4 is 26.8 Å². The summed E-state index contributed by atoms with van der Waals surface area (Å²) < 4.78 is 48.3. The van der Waals surface area contributed by atoms with E-state index in [4.69, 9.17) is 19.2 Å². The number of imidazole rings is 1. The Morgan fingerprint density at radius 1 is 0.977 bits per heavy atom. The van der Waals surface area contributed by atoms with Crippen molar-refractivity contribution in [3.63, 3.8) is 0 Å². The summed E-state index contributed by atoms with van der Waals surface area (Å²) in [5.41, 5.74) is 2.31. The molecular weight excluding hydrogens is 574 g/mol. The Morgan fingerprint density at radius 3 is 2.47 bits per heavy atom. The van der Waals surface area contributed by atoms with E-state index in [0.717, 1.165) is 12.0 Å². The molecule has 0 fully saturated rings. The molecular formula is C29H35N7O6S. The molecule has 5 rings (SSSR count). The molecule has 0 saturated carbocycles. The second-order valence-electron chi connectivity index (χ2n) is 10.0. The number of nitrogens with one attached hydrogen (secondary N) is 1. The molecule has 228 valence electrons. The summed E-state index contributed by atoms with van der Waals surface area (Å²) in [6, 6.07) is 10.2. The van der Waals surface area contributed by atoms with Crippen molar-refractivity contribution in [1.29, 1.82) is 0 Å². The van der Waals surface area contributed by atoms with Gasteiger partial charge in [-0.1, -0.05) is 19.9 Å². The molecule has 0 amide bonds. The van der Waals surface area contributed by atoms with E-state index in [2.05, 4.69) is 15.2 Å². The Labute approximate surface area is 249 Å². The van der Waals surface area contributed by atoms with Crippen LogP contribution in [0.2, 0.25) is 0 Å². The normalized spacial score (nSPS) is 12.0. The van der Waals surface area contributed by atoms with Gasteiger partial charge in [0.05, 0.1) is 31.3 Å². The third-order valence-corrected chi connectivity index (χ3v) is 8.99. The average molecular weight is 610 g/mol. The summed E-state index contributed by atoms with van der Waals surface area (Å²) in [5, 5.41) is 8.02. The number of hydrogen-bond acceptors (Lipinski definition) is 9. The van der Waals surface area contributed by atoms with Gasteiger partial charge in [-0.3, -0.25) is 4.57 Å². The van der Waals surface area contributed by atoms with E-state index in [1.54, 1.807) is 44.0 Å². The van der Waals surface area contributed by atoms with Crippen molar-refractivity contribution in [3.05, 3.63) is 58.8 Å². The molecule has 0 aliphatic rings. The van der Waals surface area contributed by atoms with Gasteiger partial charge in [-0.15, -0.1) is 10.2 Å². The molecule has 0 spiro atoms. The Hall–Kier alpha value is -4.43. The first-order valence-electron chi connectivity index (χ1n) is 14.0. The third kappa shape index (κ3) is 5.67. The Bertz CT molecular complexity index is 1930. The zero-order valence-corrected chi connectivity index (χ0v) is 25.6. The first-order chi connectivity index (χ1) is 20.7. The van der Waals surface area contributed by atoms with Crippen molar-refractivity contribution < 1.29 is 22.6 Å². The number of nitrogens with zero attached hydrogens (tertiary/aromatic N) is 6. The van der Waals surface area contributed by atoms with Crippen LogP contribution in [-0.2, 0) is 23.0 Å². The summed E-state index contributed by atoms with van der Waals surface area (Å²) in [5.74, 6) is 2.00. The minimum atomic E-state index is -3.89. The van der Waals surface area contributed by atoms with Gasteiger partial charge in [0.15, 0.2) is 22.8 Å². The second kappa shape index (κ2) is 12.4. The summed E-state index contributed by atoms with van der Waals surface area (Å²) in [4.78, 5) is 21.2. The molecule has 5 aromatic rings. The lowest BCUT2D eigenvalue weighted by molar-refractivity contribution is 0.318. The highest BCUT2D eigenvalue weighted by Crippen LogP contribution is 2.34. The number of sulfonamides is 1. The van der Waals surface area contributed by atoms with E-state index < -0.39 is 10.0 Å². The van der Waals surface area contributed by atoms with E-state index in [1.165, 1.54) is 21.1 Å². The number of rotatable bonds is 13. The zero-order valence-electron chi connectivity index (χ0n) is 24.8. The molecule has 2 aromatic carbocycles. The lowest BCUT2D eigenvalue weighted by atomic mass is 10.1. The SMILES string of the molecule is CCCOc1ccc(S(=O)(=O)N(C)CCc2ccc(OC)c(OC)c2)cc1-c1nc2c([nH]1)c1nncn1c(=O)n2CCC. The smallest absolute Gasteiger partial charge is 0.336 e. The number of ether oxygens (including phenoxy) is 3. The number of aromatic nitrogens is 6. The molecule has 0 atom stereocenters. The lowest BCUT2D eigenvalue weighted by Crippen LogP contribution is -2.29. The van der Waals surface area contributed by atoms with Crippen molar-refractivity contribution in [2.45, 2.75) is 44.6 Å². The number of aryl methyl sites for hydroxylation is 1. The summed E-state index contributed by atoms with van der Waals surface area (Å²) in [7, 11) is 0.783. The fourth-order valence-corrected chi connectivity index (χ4v) is 6.05. The Kier molecular flexibility index (Phi) is 8.69. The summed E-state index contributed by atoms with van der Waals surface area (Å²) in [6.45, 7) is 5.05. The van der Waals surface area contributed by atoms with Crippen molar-refractivity contribution in [3.8, 4) is 28.6 Å². The van der Waals surface area contributed by atoms with Crippen molar-refractivity contribution in [2.24, 2.45) is 0 Å². The van der Waals surface area contributed by atoms with Gasteiger partial charge in [-0.2, -0.15) is 0 Å². The van der Waals surface area contributed by atoms with Gasteiger partial charge in [0.1, 0.15) is 23.4 Å². The molecule has 0 aliphatic heterocycles. The molecule has 13 nitrogen and oxygen atoms in total. The Morgan fingerprint density at radius 2 is 1.74 bits per heavy atom. The molecule has 3 aromatic heterocycles. The second-order valence-corrected chi connectivity index (χ2v) is 12.1. The van der Waals surface area contributed by atoms with Gasteiger partial charge in [-0.25, -0.2) is 26.9 Å². The maximum absolute atomic E-state index is 13.7. The van der Waals surface area contributed by atoms with Crippen LogP contribution in [0.1, 0.15) is 32.3 Å². The number of likely N-dealkylation sites (N-methyl/N-ethyl adjacent to an activating group) is 1. The maximum Gasteiger partial charge on any atom is 0.336 e. The monoisotopic (exact) mass is 609 g/mol. The number of H-pyrrole nitrogens is 1. The number of benzene rings is 2. The quantitative estimate of drug-likeness (QED) is 0.212. The number of methoxy groups -OCH3 is 2. The van der Waals surface area contributed by atoms with Crippen LogP contribution in [-0.4, -0.2) is 76.3 Å². The van der Waals surface area contributed by atoms with Gasteiger partial charge < -0.3 is 19.2 Å². The summed E-state index contributed by atoms with van der Waals surface area (Å²) >= 11 is 0. The largest absolute Gasteiger partial charge is 0.493 e. The third-order valence-electron chi connectivity index (χ3n) is 7.14. The standard InChI is InChI=1S/C29H35N7O6S/c1-6-13-35-27-25(28-33-30-18-36(28)29(35)37)31-26(32-27)21-17-20(9-11-22(21)42-15-7-2)43(38,39)34(3)14-12-19-8-10-23(40-4)24(16-19)41-5/h8-11,16-18H,6-7,12-15H2,1-5H3,(H,31,32). The van der Waals surface area contributed by atoms with Crippen LogP contribution >= 0.6 is 0 Å². The highest BCUT2D eigenvalue weighted by Gasteiger charge is 2.25. The molecule has 0 unspecified atom stereocenters. The van der Waals surface area contributed by atoms with Crippen molar-refractivity contribution in [1.82, 2.24) is 33.4 Å². The van der Waals surface area contributed by atoms with Crippen LogP contribution in [0.25, 0.3) is 28.2 Å². The van der Waals surface area contributed by atoms with Crippen LogP contribution in [0.15, 0.2) is 52.4 Å². The van der Waals surface area contributed by atoms with Crippen LogP contribution in [0, 0.1) is 0 Å².